The number of primary sulfonamides is 1. The normalized spacial score (nSPS) is 18.8. The highest BCUT2D eigenvalue weighted by atomic mass is 32.2. The van der Waals surface area contributed by atoms with E-state index in [1.54, 1.807) is 12.1 Å². The average Bonchev–Trinajstić information content (AvgIpc) is 2.47. The molecule has 128 valence electrons. The maximum absolute atomic E-state index is 12.1. The zero-order chi connectivity index (χ0) is 16.9. The lowest BCUT2D eigenvalue weighted by Crippen LogP contribution is -2.38. The summed E-state index contributed by atoms with van der Waals surface area (Å²) >= 11 is 0. The van der Waals surface area contributed by atoms with E-state index in [-0.39, 0.29) is 29.1 Å². The Kier molecular flexibility index (Phi) is 6.11. The molecule has 0 aromatic heterocycles. The molecule has 1 saturated heterocycles. The van der Waals surface area contributed by atoms with Crippen molar-refractivity contribution in [3.8, 4) is 0 Å². The van der Waals surface area contributed by atoms with Crippen LogP contribution in [-0.2, 0) is 19.6 Å². The molecule has 1 aromatic carbocycles. The van der Waals surface area contributed by atoms with Gasteiger partial charge in [-0.25, -0.2) is 13.6 Å². The Bertz CT molecular complexity index is 642. The summed E-state index contributed by atoms with van der Waals surface area (Å²) in [4.78, 5) is 13.9. The van der Waals surface area contributed by atoms with Gasteiger partial charge in [-0.1, -0.05) is 12.1 Å². The standard InChI is InChI=1S/C15H23N3O4S/c1-18(10-12-6-4-5-9-22-12)11-15(19)17-13-7-2-3-8-14(13)23(16,20)21/h2-3,7-8,12H,4-6,9-11H2,1H3,(H,17,19)(H2,16,20,21). The van der Waals surface area contributed by atoms with Crippen molar-refractivity contribution in [1.29, 1.82) is 0 Å². The Labute approximate surface area is 136 Å². The molecule has 1 aliphatic heterocycles. The van der Waals surface area contributed by atoms with Gasteiger partial charge in [-0.3, -0.25) is 9.69 Å². The van der Waals surface area contributed by atoms with E-state index in [0.29, 0.717) is 6.54 Å². The summed E-state index contributed by atoms with van der Waals surface area (Å²) in [5.74, 6) is -0.292. The lowest BCUT2D eigenvalue weighted by atomic mass is 10.1. The molecule has 1 fully saturated rings. The van der Waals surface area contributed by atoms with E-state index in [4.69, 9.17) is 9.88 Å². The van der Waals surface area contributed by atoms with Crippen LogP contribution < -0.4 is 10.5 Å². The SMILES string of the molecule is CN(CC(=O)Nc1ccccc1S(N)(=O)=O)CC1CCCCO1. The number of sulfonamides is 1. The van der Waals surface area contributed by atoms with Crippen LogP contribution in [-0.4, -0.2) is 52.1 Å². The first-order valence-corrected chi connectivity index (χ1v) is 9.13. The van der Waals surface area contributed by atoms with E-state index in [1.807, 2.05) is 11.9 Å². The van der Waals surface area contributed by atoms with Gasteiger partial charge in [-0.2, -0.15) is 0 Å². The predicted octanol–water partition coefficient (Wildman–Crippen LogP) is 0.773. The molecule has 0 radical (unpaired) electrons. The molecule has 0 bridgehead atoms. The average molecular weight is 341 g/mol. The first-order valence-electron chi connectivity index (χ1n) is 7.58. The smallest absolute Gasteiger partial charge is 0.240 e. The molecular weight excluding hydrogens is 318 g/mol. The van der Waals surface area contributed by atoms with Gasteiger partial charge in [-0.05, 0) is 38.4 Å². The lowest BCUT2D eigenvalue weighted by molar-refractivity contribution is -0.117. The van der Waals surface area contributed by atoms with Crippen molar-refractivity contribution in [1.82, 2.24) is 4.90 Å². The fraction of sp³-hybridized carbons (Fsp3) is 0.533. The number of hydrogen-bond donors (Lipinski definition) is 2. The van der Waals surface area contributed by atoms with Crippen LogP contribution in [0.5, 0.6) is 0 Å². The number of para-hydroxylation sites is 1. The van der Waals surface area contributed by atoms with Crippen LogP contribution in [0, 0.1) is 0 Å². The molecule has 1 amide bonds. The Morgan fingerprint density at radius 1 is 1.39 bits per heavy atom. The van der Waals surface area contributed by atoms with Crippen LogP contribution in [0.1, 0.15) is 19.3 Å². The van der Waals surface area contributed by atoms with Crippen LogP contribution in [0.3, 0.4) is 0 Å². The van der Waals surface area contributed by atoms with Crippen LogP contribution in [0.15, 0.2) is 29.2 Å². The Morgan fingerprint density at radius 3 is 2.78 bits per heavy atom. The minimum atomic E-state index is -3.88. The molecule has 0 aliphatic carbocycles. The van der Waals surface area contributed by atoms with Gasteiger partial charge in [0.1, 0.15) is 4.90 Å². The maximum Gasteiger partial charge on any atom is 0.240 e. The summed E-state index contributed by atoms with van der Waals surface area (Å²) in [6.07, 6.45) is 3.38. The van der Waals surface area contributed by atoms with Crippen molar-refractivity contribution in [3.63, 3.8) is 0 Å². The molecule has 7 nitrogen and oxygen atoms in total. The number of likely N-dealkylation sites (N-methyl/N-ethyl adjacent to an activating group) is 1. The molecule has 1 atom stereocenters. The summed E-state index contributed by atoms with van der Waals surface area (Å²) in [5, 5.41) is 7.76. The molecule has 1 aliphatic rings. The quantitative estimate of drug-likeness (QED) is 0.796. The number of carbonyl (C=O) groups excluding carboxylic acids is 1. The fourth-order valence-corrected chi connectivity index (χ4v) is 3.31. The molecule has 3 N–H and O–H groups in total. The number of ether oxygens (including phenoxy) is 1. The summed E-state index contributed by atoms with van der Waals surface area (Å²) in [7, 11) is -2.04. The molecule has 1 heterocycles. The molecule has 23 heavy (non-hydrogen) atoms. The molecular formula is C15H23N3O4S. The molecule has 0 spiro atoms. The number of carbonyl (C=O) groups is 1. The summed E-state index contributed by atoms with van der Waals surface area (Å²) in [6.45, 7) is 1.59. The van der Waals surface area contributed by atoms with Crippen LogP contribution in [0.2, 0.25) is 0 Å². The second-order valence-corrected chi connectivity index (χ2v) is 7.30. The number of nitrogens with two attached hydrogens (primary N) is 1. The number of benzene rings is 1. The third-order valence-corrected chi connectivity index (χ3v) is 4.64. The fourth-order valence-electron chi connectivity index (χ4n) is 2.62. The molecule has 8 heteroatoms. The van der Waals surface area contributed by atoms with E-state index in [9.17, 15) is 13.2 Å². The number of amides is 1. The van der Waals surface area contributed by atoms with Crippen LogP contribution >= 0.6 is 0 Å². The largest absolute Gasteiger partial charge is 0.377 e. The Balaban J connectivity index is 1.92. The Hall–Kier alpha value is -1.48. The van der Waals surface area contributed by atoms with Crippen LogP contribution in [0.4, 0.5) is 5.69 Å². The second-order valence-electron chi connectivity index (χ2n) is 5.77. The first-order chi connectivity index (χ1) is 10.9. The van der Waals surface area contributed by atoms with E-state index in [2.05, 4.69) is 5.32 Å². The van der Waals surface area contributed by atoms with Crippen molar-refractivity contribution in [3.05, 3.63) is 24.3 Å². The second kappa shape index (κ2) is 7.87. The van der Waals surface area contributed by atoms with Gasteiger partial charge in [-0.15, -0.1) is 0 Å². The number of hydrogen-bond acceptors (Lipinski definition) is 5. The highest BCUT2D eigenvalue weighted by Gasteiger charge is 2.19. The number of anilines is 1. The van der Waals surface area contributed by atoms with Gasteiger partial charge < -0.3 is 10.1 Å². The summed E-state index contributed by atoms with van der Waals surface area (Å²) in [6, 6.07) is 6.08. The van der Waals surface area contributed by atoms with E-state index >= 15 is 0 Å². The van der Waals surface area contributed by atoms with Crippen molar-refractivity contribution in [2.75, 3.05) is 32.1 Å². The predicted molar refractivity (Wildman–Crippen MR) is 87.5 cm³/mol. The molecule has 1 aromatic rings. The van der Waals surface area contributed by atoms with Crippen LogP contribution in [0.25, 0.3) is 0 Å². The van der Waals surface area contributed by atoms with Crippen molar-refractivity contribution in [2.45, 2.75) is 30.3 Å². The third-order valence-electron chi connectivity index (χ3n) is 3.67. The topological polar surface area (TPSA) is 102 Å². The molecule has 0 saturated carbocycles. The number of rotatable bonds is 6. The lowest BCUT2D eigenvalue weighted by Gasteiger charge is -2.27. The number of nitrogens with zero attached hydrogens (tertiary/aromatic N) is 1. The minimum Gasteiger partial charge on any atom is -0.377 e. The monoisotopic (exact) mass is 341 g/mol. The third kappa shape index (κ3) is 5.58. The Morgan fingerprint density at radius 2 is 2.13 bits per heavy atom. The van der Waals surface area contributed by atoms with Gasteiger partial charge in [0.2, 0.25) is 15.9 Å². The summed E-state index contributed by atoms with van der Waals surface area (Å²) in [5.41, 5.74) is 0.197. The highest BCUT2D eigenvalue weighted by molar-refractivity contribution is 7.89. The van der Waals surface area contributed by atoms with E-state index in [1.165, 1.54) is 12.1 Å². The first kappa shape index (κ1) is 17.9. The van der Waals surface area contributed by atoms with Gasteiger partial charge in [0.05, 0.1) is 18.3 Å². The zero-order valence-corrected chi connectivity index (χ0v) is 14.0. The molecule has 1 unspecified atom stereocenters. The summed E-state index contributed by atoms with van der Waals surface area (Å²) < 4.78 is 28.7. The number of nitrogens with one attached hydrogen (secondary N) is 1. The molecule has 2 rings (SSSR count). The van der Waals surface area contributed by atoms with Gasteiger partial charge in [0, 0.05) is 13.2 Å². The van der Waals surface area contributed by atoms with Gasteiger partial charge >= 0.3 is 0 Å². The minimum absolute atomic E-state index is 0.0911. The van der Waals surface area contributed by atoms with Crippen molar-refractivity contribution < 1.29 is 17.9 Å². The zero-order valence-electron chi connectivity index (χ0n) is 13.2. The van der Waals surface area contributed by atoms with Gasteiger partial charge in [0.25, 0.3) is 0 Å². The highest BCUT2D eigenvalue weighted by Crippen LogP contribution is 2.19. The van der Waals surface area contributed by atoms with Crippen molar-refractivity contribution >= 4 is 21.6 Å². The van der Waals surface area contributed by atoms with Gasteiger partial charge in [0.15, 0.2) is 0 Å². The van der Waals surface area contributed by atoms with E-state index in [0.717, 1.165) is 25.9 Å². The maximum atomic E-state index is 12.1. The van der Waals surface area contributed by atoms with Crippen molar-refractivity contribution in [2.24, 2.45) is 5.14 Å². The van der Waals surface area contributed by atoms with E-state index < -0.39 is 10.0 Å².